The van der Waals surface area contributed by atoms with Gasteiger partial charge in [-0.05, 0) is 36.6 Å². The molecule has 0 bridgehead atoms. The van der Waals surface area contributed by atoms with Crippen LogP contribution in [0, 0.1) is 0 Å². The third-order valence-corrected chi connectivity index (χ3v) is 4.07. The first kappa shape index (κ1) is 15.5. The van der Waals surface area contributed by atoms with Crippen LogP contribution in [-0.2, 0) is 0 Å². The van der Waals surface area contributed by atoms with Gasteiger partial charge in [0.2, 0.25) is 0 Å². The lowest BCUT2D eigenvalue weighted by Crippen LogP contribution is -2.32. The second-order valence-corrected chi connectivity index (χ2v) is 5.37. The van der Waals surface area contributed by atoms with Crippen LogP contribution in [0.2, 0.25) is 0 Å². The van der Waals surface area contributed by atoms with Crippen LogP contribution in [0.3, 0.4) is 0 Å². The summed E-state index contributed by atoms with van der Waals surface area (Å²) in [7, 11) is 1.58. The molecule has 1 amide bonds. The highest BCUT2D eigenvalue weighted by atomic mass is 19.3. The molecule has 5 nitrogen and oxygen atoms in total. The standard InChI is InChI=1S/C16H17F2N3O2/c1-23-12-5-2-4-11(10-12)13-6-3-9-20(13)15(22)14-7-8-19-21(14)16(17)18/h2,4-5,7-8,10,13,16H,3,6,9H2,1H3. The summed E-state index contributed by atoms with van der Waals surface area (Å²) < 4.78 is 31.6. The Kier molecular flexibility index (Phi) is 4.27. The topological polar surface area (TPSA) is 47.4 Å². The molecule has 0 spiro atoms. The van der Waals surface area contributed by atoms with E-state index in [-0.39, 0.29) is 11.7 Å². The minimum Gasteiger partial charge on any atom is -0.497 e. The van der Waals surface area contributed by atoms with E-state index in [4.69, 9.17) is 4.74 Å². The molecule has 1 fully saturated rings. The van der Waals surface area contributed by atoms with E-state index in [2.05, 4.69) is 5.10 Å². The molecule has 1 atom stereocenters. The molecule has 1 aliphatic rings. The number of ether oxygens (including phenoxy) is 1. The number of carbonyl (C=O) groups is 1. The first-order chi connectivity index (χ1) is 11.1. The number of alkyl halides is 2. The Morgan fingerprint density at radius 1 is 1.39 bits per heavy atom. The van der Waals surface area contributed by atoms with Crippen molar-refractivity contribution >= 4 is 5.91 Å². The van der Waals surface area contributed by atoms with Crippen molar-refractivity contribution in [2.75, 3.05) is 13.7 Å². The van der Waals surface area contributed by atoms with E-state index in [9.17, 15) is 13.6 Å². The van der Waals surface area contributed by atoms with Gasteiger partial charge in [-0.2, -0.15) is 18.6 Å². The highest BCUT2D eigenvalue weighted by Gasteiger charge is 2.33. The first-order valence-electron chi connectivity index (χ1n) is 7.38. The molecule has 23 heavy (non-hydrogen) atoms. The number of methoxy groups -OCH3 is 1. The third-order valence-electron chi connectivity index (χ3n) is 4.07. The van der Waals surface area contributed by atoms with Crippen LogP contribution >= 0.6 is 0 Å². The lowest BCUT2D eigenvalue weighted by Gasteiger charge is -2.25. The van der Waals surface area contributed by atoms with E-state index in [0.717, 1.165) is 18.4 Å². The summed E-state index contributed by atoms with van der Waals surface area (Å²) in [5.41, 5.74) is 0.855. The molecule has 2 aromatic rings. The number of amides is 1. The van der Waals surface area contributed by atoms with Gasteiger partial charge >= 0.3 is 6.55 Å². The van der Waals surface area contributed by atoms with E-state index < -0.39 is 12.5 Å². The smallest absolute Gasteiger partial charge is 0.333 e. The van der Waals surface area contributed by atoms with Crippen molar-refractivity contribution in [3.8, 4) is 5.75 Å². The summed E-state index contributed by atoms with van der Waals surface area (Å²) in [6, 6.07) is 8.67. The van der Waals surface area contributed by atoms with Crippen LogP contribution in [0.4, 0.5) is 8.78 Å². The zero-order valence-electron chi connectivity index (χ0n) is 12.7. The summed E-state index contributed by atoms with van der Waals surface area (Å²) in [5, 5.41) is 3.53. The van der Waals surface area contributed by atoms with Crippen LogP contribution in [0.25, 0.3) is 0 Å². The zero-order valence-corrected chi connectivity index (χ0v) is 12.7. The van der Waals surface area contributed by atoms with Crippen molar-refractivity contribution in [3.05, 3.63) is 47.8 Å². The summed E-state index contributed by atoms with van der Waals surface area (Å²) in [6.45, 7) is -2.29. The van der Waals surface area contributed by atoms with Gasteiger partial charge in [0.05, 0.1) is 13.2 Å². The van der Waals surface area contributed by atoms with Crippen molar-refractivity contribution in [1.82, 2.24) is 14.7 Å². The van der Waals surface area contributed by atoms with Crippen molar-refractivity contribution in [2.45, 2.75) is 25.4 Å². The van der Waals surface area contributed by atoms with Crippen LogP contribution in [-0.4, -0.2) is 34.2 Å². The maximum absolute atomic E-state index is 12.9. The normalized spacial score (nSPS) is 17.7. The van der Waals surface area contributed by atoms with Crippen molar-refractivity contribution in [2.24, 2.45) is 0 Å². The number of nitrogens with zero attached hydrogens (tertiary/aromatic N) is 3. The number of rotatable bonds is 4. The van der Waals surface area contributed by atoms with Gasteiger partial charge in [-0.1, -0.05) is 12.1 Å². The van der Waals surface area contributed by atoms with Gasteiger partial charge in [0.15, 0.2) is 0 Å². The summed E-state index contributed by atoms with van der Waals surface area (Å²) in [4.78, 5) is 14.3. The SMILES string of the molecule is COc1cccc(C2CCCN2C(=O)c2ccnn2C(F)F)c1. The van der Waals surface area contributed by atoms with Gasteiger partial charge in [0.25, 0.3) is 5.91 Å². The highest BCUT2D eigenvalue weighted by Crippen LogP contribution is 2.34. The predicted octanol–water partition coefficient (Wildman–Crippen LogP) is 3.26. The molecule has 2 heterocycles. The van der Waals surface area contributed by atoms with E-state index in [0.29, 0.717) is 17.0 Å². The Morgan fingerprint density at radius 2 is 2.22 bits per heavy atom. The molecular weight excluding hydrogens is 304 g/mol. The molecule has 122 valence electrons. The second kappa shape index (κ2) is 6.36. The summed E-state index contributed by atoms with van der Waals surface area (Å²) in [6.07, 6.45) is 2.84. The van der Waals surface area contributed by atoms with Gasteiger partial charge in [-0.25, -0.2) is 0 Å². The number of hydrogen-bond acceptors (Lipinski definition) is 3. The van der Waals surface area contributed by atoms with Gasteiger partial charge in [-0.15, -0.1) is 0 Å². The number of aromatic nitrogens is 2. The molecule has 0 aliphatic carbocycles. The molecule has 1 aromatic heterocycles. The minimum atomic E-state index is -2.83. The highest BCUT2D eigenvalue weighted by molar-refractivity contribution is 5.93. The number of carbonyl (C=O) groups excluding carboxylic acids is 1. The Balaban J connectivity index is 1.89. The van der Waals surface area contributed by atoms with Crippen molar-refractivity contribution < 1.29 is 18.3 Å². The summed E-state index contributed by atoms with van der Waals surface area (Å²) in [5.74, 6) is 0.285. The molecule has 0 saturated carbocycles. The number of halogens is 2. The van der Waals surface area contributed by atoms with E-state index in [1.807, 2.05) is 24.3 Å². The maximum Gasteiger partial charge on any atom is 0.333 e. The monoisotopic (exact) mass is 321 g/mol. The van der Waals surface area contributed by atoms with Gasteiger partial charge < -0.3 is 9.64 Å². The molecule has 1 aromatic carbocycles. The molecule has 7 heteroatoms. The zero-order chi connectivity index (χ0) is 16.4. The van der Waals surface area contributed by atoms with E-state index in [1.54, 1.807) is 12.0 Å². The molecule has 1 saturated heterocycles. The molecule has 1 unspecified atom stereocenters. The Morgan fingerprint density at radius 3 is 2.96 bits per heavy atom. The molecular formula is C16H17F2N3O2. The average molecular weight is 321 g/mol. The lowest BCUT2D eigenvalue weighted by molar-refractivity contribution is 0.0457. The first-order valence-corrected chi connectivity index (χ1v) is 7.38. The molecule has 0 N–H and O–H groups in total. The van der Waals surface area contributed by atoms with E-state index in [1.165, 1.54) is 12.3 Å². The van der Waals surface area contributed by atoms with Crippen molar-refractivity contribution in [1.29, 1.82) is 0 Å². The Bertz CT molecular complexity index is 702. The van der Waals surface area contributed by atoms with Crippen LogP contribution in [0.5, 0.6) is 5.75 Å². The number of hydrogen-bond donors (Lipinski definition) is 0. The number of likely N-dealkylation sites (tertiary alicyclic amines) is 1. The maximum atomic E-state index is 12.9. The Hall–Kier alpha value is -2.44. The van der Waals surface area contributed by atoms with E-state index >= 15 is 0 Å². The van der Waals surface area contributed by atoms with Gasteiger partial charge in [0, 0.05) is 12.7 Å². The van der Waals surface area contributed by atoms with Crippen molar-refractivity contribution in [3.63, 3.8) is 0 Å². The predicted molar refractivity (Wildman–Crippen MR) is 79.5 cm³/mol. The third kappa shape index (κ3) is 2.91. The van der Waals surface area contributed by atoms with Gasteiger partial charge in [0.1, 0.15) is 11.4 Å². The summed E-state index contributed by atoms with van der Waals surface area (Å²) >= 11 is 0. The largest absolute Gasteiger partial charge is 0.497 e. The number of benzene rings is 1. The molecule has 1 aliphatic heterocycles. The fraction of sp³-hybridized carbons (Fsp3) is 0.375. The fourth-order valence-corrected chi connectivity index (χ4v) is 2.99. The molecule has 0 radical (unpaired) electrons. The Labute approximate surface area is 132 Å². The second-order valence-electron chi connectivity index (χ2n) is 5.37. The fourth-order valence-electron chi connectivity index (χ4n) is 2.99. The average Bonchev–Trinajstić information content (AvgIpc) is 3.23. The van der Waals surface area contributed by atoms with Crippen LogP contribution in [0.15, 0.2) is 36.5 Å². The quantitative estimate of drug-likeness (QED) is 0.868. The minimum absolute atomic E-state index is 0.0882. The molecule has 3 rings (SSSR count). The lowest BCUT2D eigenvalue weighted by atomic mass is 10.0. The van der Waals surface area contributed by atoms with Gasteiger partial charge in [-0.3, -0.25) is 4.79 Å². The van der Waals surface area contributed by atoms with Crippen LogP contribution in [0.1, 0.15) is 41.5 Å². The van der Waals surface area contributed by atoms with Crippen LogP contribution < -0.4 is 4.74 Å².